The van der Waals surface area contributed by atoms with Gasteiger partial charge in [-0.2, -0.15) is 0 Å². The molecule has 0 amide bonds. The Morgan fingerprint density at radius 1 is 1.05 bits per heavy atom. The van der Waals surface area contributed by atoms with Gasteiger partial charge in [-0.1, -0.05) is 6.92 Å². The second-order valence-electron chi connectivity index (χ2n) is 9.61. The lowest BCUT2D eigenvalue weighted by Gasteiger charge is -2.35. The molecule has 0 unspecified atom stereocenters. The Bertz CT molecular complexity index is 1610. The third-order valence-electron chi connectivity index (χ3n) is 7.31. The van der Waals surface area contributed by atoms with Crippen molar-refractivity contribution in [3.05, 3.63) is 86.0 Å². The highest BCUT2D eigenvalue weighted by Gasteiger charge is 2.28. The summed E-state index contributed by atoms with van der Waals surface area (Å²) in [5.74, 6) is -3.71. The summed E-state index contributed by atoms with van der Waals surface area (Å²) in [6, 6.07) is 9.57. The summed E-state index contributed by atoms with van der Waals surface area (Å²) in [5, 5.41) is 12.6. The predicted octanol–water partition coefficient (Wildman–Crippen LogP) is 5.46. The molecule has 0 atom stereocenters. The quantitative estimate of drug-likeness (QED) is 0.146. The number of anilines is 1. The number of nitro benzene ring substituents is 1. The molecule has 12 heteroatoms. The SMILES string of the molecule is CCN1CCN(c2ccc(Cc3cc4cc(C(=O)c5c(F)c(OC)cc(OC)c5F)sc4cn3)c([N+](=O)[O-])c2)CC1. The van der Waals surface area contributed by atoms with E-state index in [-0.39, 0.29) is 33.4 Å². The molecule has 0 aliphatic carbocycles. The molecule has 0 saturated carbocycles. The van der Waals surface area contributed by atoms with E-state index >= 15 is 0 Å². The number of carbonyl (C=O) groups is 1. The minimum atomic E-state index is -1.12. The molecule has 2 aromatic heterocycles. The average Bonchev–Trinajstić information content (AvgIpc) is 3.41. The second kappa shape index (κ2) is 11.8. The van der Waals surface area contributed by atoms with Crippen LogP contribution in [0.3, 0.4) is 0 Å². The number of ether oxygens (including phenoxy) is 2. The first-order valence-corrected chi connectivity index (χ1v) is 13.8. The van der Waals surface area contributed by atoms with Crippen LogP contribution in [-0.4, -0.2) is 67.5 Å². The van der Waals surface area contributed by atoms with Crippen molar-refractivity contribution in [3.63, 3.8) is 0 Å². The van der Waals surface area contributed by atoms with Gasteiger partial charge >= 0.3 is 0 Å². The number of hydrogen-bond acceptors (Lipinski definition) is 9. The number of nitro groups is 1. The first-order valence-electron chi connectivity index (χ1n) is 13.0. The lowest BCUT2D eigenvalue weighted by Crippen LogP contribution is -2.46. The van der Waals surface area contributed by atoms with Crippen LogP contribution in [0.25, 0.3) is 10.1 Å². The molecular weight excluding hydrogens is 554 g/mol. The molecule has 41 heavy (non-hydrogen) atoms. The number of fused-ring (bicyclic) bond motifs is 1. The van der Waals surface area contributed by atoms with Crippen LogP contribution in [0.2, 0.25) is 0 Å². The minimum Gasteiger partial charge on any atom is -0.494 e. The van der Waals surface area contributed by atoms with Crippen LogP contribution in [0.4, 0.5) is 20.2 Å². The van der Waals surface area contributed by atoms with Crippen molar-refractivity contribution in [1.29, 1.82) is 0 Å². The molecule has 1 aliphatic rings. The second-order valence-corrected chi connectivity index (χ2v) is 10.7. The lowest BCUT2D eigenvalue weighted by atomic mass is 10.0. The molecule has 0 spiro atoms. The molecule has 1 saturated heterocycles. The predicted molar refractivity (Wildman–Crippen MR) is 153 cm³/mol. The largest absolute Gasteiger partial charge is 0.494 e. The molecule has 2 aromatic carbocycles. The Hall–Kier alpha value is -4.16. The minimum absolute atomic E-state index is 0.0152. The molecule has 1 fully saturated rings. The number of piperazine rings is 1. The van der Waals surface area contributed by atoms with Crippen molar-refractivity contribution in [2.24, 2.45) is 0 Å². The first-order chi connectivity index (χ1) is 19.7. The van der Waals surface area contributed by atoms with Crippen LogP contribution in [0, 0.1) is 21.7 Å². The Labute approximate surface area is 239 Å². The van der Waals surface area contributed by atoms with Crippen LogP contribution >= 0.6 is 11.3 Å². The number of methoxy groups -OCH3 is 2. The van der Waals surface area contributed by atoms with E-state index in [1.54, 1.807) is 24.4 Å². The number of ketones is 1. The average molecular weight is 583 g/mol. The number of rotatable bonds is 9. The number of halogens is 2. The van der Waals surface area contributed by atoms with E-state index < -0.39 is 23.0 Å². The van der Waals surface area contributed by atoms with E-state index in [2.05, 4.69) is 21.7 Å². The summed E-state index contributed by atoms with van der Waals surface area (Å²) in [4.78, 5) is 33.8. The molecule has 1 aliphatic heterocycles. The van der Waals surface area contributed by atoms with Crippen LogP contribution in [0.15, 0.2) is 42.6 Å². The maximum absolute atomic E-state index is 14.9. The molecule has 214 valence electrons. The number of likely N-dealkylation sites (N-methyl/N-ethyl adjacent to an activating group) is 1. The number of aromatic nitrogens is 1. The van der Waals surface area contributed by atoms with Gasteiger partial charge in [-0.05, 0) is 36.2 Å². The first kappa shape index (κ1) is 28.4. The highest BCUT2D eigenvalue weighted by atomic mass is 32.1. The summed E-state index contributed by atoms with van der Waals surface area (Å²) in [6.45, 7) is 6.52. The normalized spacial score (nSPS) is 13.9. The van der Waals surface area contributed by atoms with Crippen molar-refractivity contribution in [3.8, 4) is 11.5 Å². The van der Waals surface area contributed by atoms with Crippen molar-refractivity contribution in [1.82, 2.24) is 9.88 Å². The molecule has 4 aromatic rings. The third-order valence-corrected chi connectivity index (χ3v) is 8.39. The number of thiophene rings is 1. The molecule has 0 N–H and O–H groups in total. The Balaban J connectivity index is 1.42. The van der Waals surface area contributed by atoms with Gasteiger partial charge in [0.15, 0.2) is 23.1 Å². The summed E-state index contributed by atoms with van der Waals surface area (Å²) in [6.07, 6.45) is 1.75. The standard InChI is InChI=1S/C29H28F2N4O5S/c1-4-33-7-9-34(10-8-33)20-6-5-17(21(14-20)35(37)38)11-19-12-18-13-24(41-25(18)16-32-19)29(36)26-27(30)22(39-2)15-23(40-3)28(26)31/h5-6,12-16H,4,7-11H2,1-3H3. The van der Waals surface area contributed by atoms with Gasteiger partial charge in [-0.3, -0.25) is 19.9 Å². The Morgan fingerprint density at radius 3 is 2.34 bits per heavy atom. The van der Waals surface area contributed by atoms with Crippen molar-refractivity contribution >= 4 is 38.6 Å². The zero-order valence-corrected chi connectivity index (χ0v) is 23.6. The Morgan fingerprint density at radius 2 is 1.73 bits per heavy atom. The van der Waals surface area contributed by atoms with Gasteiger partial charge in [-0.25, -0.2) is 8.78 Å². The number of nitrogens with zero attached hydrogens (tertiary/aromatic N) is 4. The zero-order valence-electron chi connectivity index (χ0n) is 22.8. The fourth-order valence-electron chi connectivity index (χ4n) is 4.99. The monoisotopic (exact) mass is 582 g/mol. The van der Waals surface area contributed by atoms with Gasteiger partial charge in [-0.15, -0.1) is 11.3 Å². The molecule has 0 bridgehead atoms. The smallest absolute Gasteiger partial charge is 0.275 e. The van der Waals surface area contributed by atoms with Gasteiger partial charge in [0, 0.05) is 67.9 Å². The topological polar surface area (TPSA) is 98.0 Å². The van der Waals surface area contributed by atoms with E-state index in [0.717, 1.165) is 55.8 Å². The van der Waals surface area contributed by atoms with Crippen LogP contribution in [0.1, 0.15) is 33.4 Å². The highest BCUT2D eigenvalue weighted by molar-refractivity contribution is 7.21. The maximum Gasteiger partial charge on any atom is 0.275 e. The van der Waals surface area contributed by atoms with Gasteiger partial charge in [0.05, 0.1) is 28.7 Å². The Kier molecular flexibility index (Phi) is 8.13. The van der Waals surface area contributed by atoms with E-state index in [1.807, 2.05) is 6.07 Å². The van der Waals surface area contributed by atoms with Crippen molar-refractivity contribution in [2.75, 3.05) is 51.8 Å². The fraction of sp³-hybridized carbons (Fsp3) is 0.310. The lowest BCUT2D eigenvalue weighted by molar-refractivity contribution is -0.385. The zero-order chi connectivity index (χ0) is 29.3. The molecule has 0 radical (unpaired) electrons. The van der Waals surface area contributed by atoms with Crippen molar-refractivity contribution in [2.45, 2.75) is 13.3 Å². The fourth-order valence-corrected chi connectivity index (χ4v) is 5.95. The molecule has 3 heterocycles. The molecule has 5 rings (SSSR count). The van der Waals surface area contributed by atoms with E-state index in [9.17, 15) is 23.7 Å². The number of benzene rings is 2. The van der Waals surface area contributed by atoms with Gasteiger partial charge in [0.2, 0.25) is 5.78 Å². The molecular formula is C29H28F2N4O5S. The van der Waals surface area contributed by atoms with Crippen LogP contribution in [0.5, 0.6) is 11.5 Å². The van der Waals surface area contributed by atoms with E-state index in [0.29, 0.717) is 21.3 Å². The van der Waals surface area contributed by atoms with E-state index in [1.165, 1.54) is 20.3 Å². The third kappa shape index (κ3) is 5.57. The van der Waals surface area contributed by atoms with E-state index in [4.69, 9.17) is 9.47 Å². The maximum atomic E-state index is 14.9. The van der Waals surface area contributed by atoms with Gasteiger partial charge < -0.3 is 19.3 Å². The summed E-state index contributed by atoms with van der Waals surface area (Å²) in [5.41, 5.74) is 1.13. The summed E-state index contributed by atoms with van der Waals surface area (Å²) < 4.78 is 40.4. The van der Waals surface area contributed by atoms with Crippen LogP contribution in [-0.2, 0) is 6.42 Å². The number of pyridine rings is 1. The summed E-state index contributed by atoms with van der Waals surface area (Å²) >= 11 is 1.04. The number of carbonyl (C=O) groups excluding carboxylic acids is 1. The number of hydrogen-bond donors (Lipinski definition) is 0. The molecule has 9 nitrogen and oxygen atoms in total. The van der Waals surface area contributed by atoms with Gasteiger partial charge in [0.25, 0.3) is 5.69 Å². The van der Waals surface area contributed by atoms with Crippen molar-refractivity contribution < 1.29 is 28.0 Å². The summed E-state index contributed by atoms with van der Waals surface area (Å²) in [7, 11) is 2.42. The van der Waals surface area contributed by atoms with Crippen LogP contribution < -0.4 is 14.4 Å². The van der Waals surface area contributed by atoms with Gasteiger partial charge in [0.1, 0.15) is 5.56 Å². The highest BCUT2D eigenvalue weighted by Crippen LogP contribution is 2.35.